The minimum absolute atomic E-state index is 0.0171. The lowest BCUT2D eigenvalue weighted by atomic mass is 9.95. The van der Waals surface area contributed by atoms with Gasteiger partial charge in [0, 0.05) is 5.69 Å². The fourth-order valence-electron chi connectivity index (χ4n) is 2.36. The Balaban J connectivity index is 2.11. The van der Waals surface area contributed by atoms with Crippen LogP contribution in [0.5, 0.6) is 0 Å². The second-order valence-electron chi connectivity index (χ2n) is 6.20. The number of aryl methyl sites for hydroxylation is 1. The van der Waals surface area contributed by atoms with E-state index in [-0.39, 0.29) is 18.5 Å². The number of rotatable bonds is 5. The van der Waals surface area contributed by atoms with Gasteiger partial charge in [0.2, 0.25) is 0 Å². The molecule has 2 rings (SSSR count). The SMILES string of the molecule is [C-]#[N+]c1ccc(NC(=O)[C@@](C)(O)CCc2ccc(F)cc2)cc1C(F)(F)F. The van der Waals surface area contributed by atoms with Crippen LogP contribution in [0.4, 0.5) is 28.9 Å². The van der Waals surface area contributed by atoms with Gasteiger partial charge in [0.05, 0.1) is 12.1 Å². The maximum absolute atomic E-state index is 13.0. The van der Waals surface area contributed by atoms with E-state index in [1.165, 1.54) is 31.2 Å². The van der Waals surface area contributed by atoms with Gasteiger partial charge >= 0.3 is 6.18 Å². The molecule has 0 unspecified atom stereocenters. The third-order valence-electron chi connectivity index (χ3n) is 3.98. The molecule has 4 nitrogen and oxygen atoms in total. The van der Waals surface area contributed by atoms with E-state index in [2.05, 4.69) is 10.2 Å². The second-order valence-corrected chi connectivity index (χ2v) is 6.20. The first kappa shape index (κ1) is 20.4. The third-order valence-corrected chi connectivity index (χ3v) is 3.98. The van der Waals surface area contributed by atoms with Gasteiger partial charge in [0.1, 0.15) is 11.4 Å². The highest BCUT2D eigenvalue weighted by Gasteiger charge is 2.34. The zero-order valence-corrected chi connectivity index (χ0v) is 14.3. The number of nitrogens with one attached hydrogen (secondary N) is 1. The van der Waals surface area contributed by atoms with Gasteiger partial charge in [-0.2, -0.15) is 13.2 Å². The molecule has 0 saturated carbocycles. The normalized spacial score (nSPS) is 13.5. The molecular formula is C19H16F4N2O2. The molecule has 0 aliphatic rings. The lowest BCUT2D eigenvalue weighted by Gasteiger charge is -2.23. The molecule has 0 bridgehead atoms. The predicted molar refractivity (Wildman–Crippen MR) is 91.7 cm³/mol. The number of halogens is 4. The monoisotopic (exact) mass is 380 g/mol. The average molecular weight is 380 g/mol. The summed E-state index contributed by atoms with van der Waals surface area (Å²) >= 11 is 0. The zero-order valence-electron chi connectivity index (χ0n) is 14.3. The van der Waals surface area contributed by atoms with E-state index in [1.807, 2.05) is 0 Å². The summed E-state index contributed by atoms with van der Waals surface area (Å²) in [6.45, 7) is 8.04. The first-order chi connectivity index (χ1) is 12.5. The van der Waals surface area contributed by atoms with E-state index < -0.39 is 34.8 Å². The molecule has 0 spiro atoms. The van der Waals surface area contributed by atoms with Gasteiger partial charge in [0.15, 0.2) is 5.69 Å². The fraction of sp³-hybridized carbons (Fsp3) is 0.263. The Morgan fingerprint density at radius 2 is 1.81 bits per heavy atom. The summed E-state index contributed by atoms with van der Waals surface area (Å²) in [6.07, 6.45) is -4.49. The standard InChI is InChI=1S/C19H16F4N2O2/c1-18(27,10-9-12-3-5-13(20)6-4-12)17(26)25-14-7-8-16(24-2)15(11-14)19(21,22)23/h3-8,11,27H,9-10H2,1H3,(H,25,26)/t18-/m0/s1. The molecule has 0 fully saturated rings. The van der Waals surface area contributed by atoms with Crippen molar-refractivity contribution in [3.05, 3.63) is 70.8 Å². The van der Waals surface area contributed by atoms with Crippen molar-refractivity contribution in [1.29, 1.82) is 0 Å². The summed E-state index contributed by atoms with van der Waals surface area (Å²) in [6, 6.07) is 8.31. The summed E-state index contributed by atoms with van der Waals surface area (Å²) in [7, 11) is 0. The van der Waals surface area contributed by atoms with Crippen molar-refractivity contribution in [1.82, 2.24) is 0 Å². The second kappa shape index (κ2) is 7.76. The number of hydrogen-bond acceptors (Lipinski definition) is 2. The Bertz CT molecular complexity index is 869. The fourth-order valence-corrected chi connectivity index (χ4v) is 2.36. The first-order valence-corrected chi connectivity index (χ1v) is 7.90. The molecule has 27 heavy (non-hydrogen) atoms. The smallest absolute Gasteiger partial charge is 0.380 e. The van der Waals surface area contributed by atoms with Gasteiger partial charge < -0.3 is 10.4 Å². The molecule has 0 aromatic heterocycles. The maximum Gasteiger partial charge on any atom is 0.407 e. The largest absolute Gasteiger partial charge is 0.407 e. The summed E-state index contributed by atoms with van der Waals surface area (Å²) in [4.78, 5) is 15.1. The van der Waals surface area contributed by atoms with Gasteiger partial charge in [-0.25, -0.2) is 9.24 Å². The van der Waals surface area contributed by atoms with Crippen LogP contribution >= 0.6 is 0 Å². The number of alkyl halides is 3. The van der Waals surface area contributed by atoms with Crippen molar-refractivity contribution in [2.45, 2.75) is 31.5 Å². The third kappa shape index (κ3) is 5.28. The highest BCUT2D eigenvalue weighted by molar-refractivity contribution is 5.97. The van der Waals surface area contributed by atoms with Gasteiger partial charge in [-0.05, 0) is 49.6 Å². The minimum Gasteiger partial charge on any atom is -0.380 e. The van der Waals surface area contributed by atoms with Crippen molar-refractivity contribution >= 4 is 17.3 Å². The summed E-state index contributed by atoms with van der Waals surface area (Å²) in [5.74, 6) is -1.29. The van der Waals surface area contributed by atoms with E-state index in [9.17, 15) is 27.5 Å². The van der Waals surface area contributed by atoms with Crippen LogP contribution in [0.1, 0.15) is 24.5 Å². The van der Waals surface area contributed by atoms with Gasteiger partial charge in [0.25, 0.3) is 5.91 Å². The van der Waals surface area contributed by atoms with E-state index >= 15 is 0 Å². The van der Waals surface area contributed by atoms with Gasteiger partial charge in [-0.1, -0.05) is 18.2 Å². The highest BCUT2D eigenvalue weighted by atomic mass is 19.4. The number of aliphatic hydroxyl groups is 1. The van der Waals surface area contributed by atoms with Crippen LogP contribution in [0.25, 0.3) is 4.85 Å². The molecule has 0 heterocycles. The predicted octanol–water partition coefficient (Wildman–Crippen LogP) is 4.72. The topological polar surface area (TPSA) is 53.7 Å². The molecular weight excluding hydrogens is 364 g/mol. The number of carbonyl (C=O) groups is 1. The molecule has 0 aliphatic heterocycles. The van der Waals surface area contributed by atoms with Crippen molar-refractivity contribution in [2.75, 3.05) is 5.32 Å². The van der Waals surface area contributed by atoms with Crippen LogP contribution in [0.3, 0.4) is 0 Å². The van der Waals surface area contributed by atoms with Crippen molar-refractivity contribution in [3.63, 3.8) is 0 Å². The Morgan fingerprint density at radius 1 is 1.19 bits per heavy atom. The van der Waals surface area contributed by atoms with E-state index in [0.717, 1.165) is 12.1 Å². The van der Waals surface area contributed by atoms with E-state index in [0.29, 0.717) is 11.6 Å². The molecule has 2 N–H and O–H groups in total. The molecule has 1 atom stereocenters. The molecule has 0 radical (unpaired) electrons. The minimum atomic E-state index is -4.74. The average Bonchev–Trinajstić information content (AvgIpc) is 2.60. The maximum atomic E-state index is 13.0. The lowest BCUT2D eigenvalue weighted by Crippen LogP contribution is -2.40. The molecule has 0 saturated heterocycles. The van der Waals surface area contributed by atoms with Crippen molar-refractivity contribution < 1.29 is 27.5 Å². The molecule has 1 amide bonds. The summed E-state index contributed by atoms with van der Waals surface area (Å²) < 4.78 is 51.9. The number of carbonyl (C=O) groups excluding carboxylic acids is 1. The van der Waals surface area contributed by atoms with Gasteiger partial charge in [-0.15, -0.1) is 0 Å². The van der Waals surface area contributed by atoms with Crippen LogP contribution in [-0.4, -0.2) is 16.6 Å². The van der Waals surface area contributed by atoms with Crippen molar-refractivity contribution in [2.24, 2.45) is 0 Å². The quantitative estimate of drug-likeness (QED) is 0.583. The Morgan fingerprint density at radius 3 is 2.37 bits per heavy atom. The number of amides is 1. The van der Waals surface area contributed by atoms with Crippen LogP contribution in [0.15, 0.2) is 42.5 Å². The number of anilines is 1. The van der Waals surface area contributed by atoms with E-state index in [1.54, 1.807) is 0 Å². The van der Waals surface area contributed by atoms with Crippen molar-refractivity contribution in [3.8, 4) is 0 Å². The molecule has 2 aromatic rings. The molecule has 142 valence electrons. The summed E-state index contributed by atoms with van der Waals surface area (Å²) in [5, 5.41) is 12.6. The first-order valence-electron chi connectivity index (χ1n) is 7.90. The number of nitrogens with zero attached hydrogens (tertiary/aromatic N) is 1. The van der Waals surface area contributed by atoms with Crippen LogP contribution < -0.4 is 5.32 Å². The lowest BCUT2D eigenvalue weighted by molar-refractivity contribution is -0.137. The Hall–Kier alpha value is -2.92. The number of hydrogen-bond donors (Lipinski definition) is 2. The van der Waals surface area contributed by atoms with Gasteiger partial charge in [-0.3, -0.25) is 4.79 Å². The Labute approximate surface area is 153 Å². The number of benzene rings is 2. The molecule has 2 aromatic carbocycles. The van der Waals surface area contributed by atoms with E-state index in [4.69, 9.17) is 6.57 Å². The van der Waals surface area contributed by atoms with Crippen LogP contribution in [0, 0.1) is 12.4 Å². The zero-order chi connectivity index (χ0) is 20.2. The van der Waals surface area contributed by atoms with Crippen LogP contribution in [0.2, 0.25) is 0 Å². The van der Waals surface area contributed by atoms with Crippen LogP contribution in [-0.2, 0) is 17.4 Å². The molecule has 8 heteroatoms. The summed E-state index contributed by atoms with van der Waals surface area (Å²) in [5.41, 5.74) is -3.08. The Kier molecular flexibility index (Phi) is 5.86. The molecule has 0 aliphatic carbocycles. The highest BCUT2D eigenvalue weighted by Crippen LogP contribution is 2.38.